The molecule has 2 aliphatic rings. The molecule has 0 aliphatic carbocycles. The van der Waals surface area contributed by atoms with Crippen molar-refractivity contribution in [3.8, 4) is 0 Å². The molecule has 2 fully saturated rings. The highest BCUT2D eigenvalue weighted by molar-refractivity contribution is 6.31. The molecule has 0 saturated carbocycles. The third kappa shape index (κ3) is 4.36. The Balaban J connectivity index is 1.52. The standard InChI is InChI=1S/C20H29ClN2O2/c1-3-22(4-2)11-16-14-25-19-13-23(12-17(16)19)20(24)10-9-15-7-5-6-8-18(15)21/h5-8,16-17,19H,3-4,9-14H2,1-2H3/t16-,17-,19-/m1/s1. The maximum atomic E-state index is 12.6. The molecule has 0 bridgehead atoms. The Bertz CT molecular complexity index is 591. The van der Waals surface area contributed by atoms with Crippen LogP contribution in [0.5, 0.6) is 0 Å². The maximum Gasteiger partial charge on any atom is 0.223 e. The van der Waals surface area contributed by atoms with Gasteiger partial charge in [0.1, 0.15) is 0 Å². The molecule has 0 spiro atoms. The third-order valence-electron chi connectivity index (χ3n) is 5.74. The summed E-state index contributed by atoms with van der Waals surface area (Å²) in [6.45, 7) is 10.1. The Labute approximate surface area is 156 Å². The average Bonchev–Trinajstić information content (AvgIpc) is 3.20. The van der Waals surface area contributed by atoms with Crippen molar-refractivity contribution in [1.82, 2.24) is 9.80 Å². The summed E-state index contributed by atoms with van der Waals surface area (Å²) in [4.78, 5) is 17.1. The number of hydrogen-bond donors (Lipinski definition) is 0. The molecule has 138 valence electrons. The molecule has 0 unspecified atom stereocenters. The summed E-state index contributed by atoms with van der Waals surface area (Å²) in [7, 11) is 0. The van der Waals surface area contributed by atoms with Crippen LogP contribution in [0.3, 0.4) is 0 Å². The van der Waals surface area contributed by atoms with Crippen molar-refractivity contribution in [2.45, 2.75) is 32.8 Å². The predicted octanol–water partition coefficient (Wildman–Crippen LogP) is 3.09. The van der Waals surface area contributed by atoms with Crippen LogP contribution in [0.15, 0.2) is 24.3 Å². The quantitative estimate of drug-likeness (QED) is 0.745. The highest BCUT2D eigenvalue weighted by Gasteiger charge is 2.45. The maximum absolute atomic E-state index is 12.6. The lowest BCUT2D eigenvalue weighted by Gasteiger charge is -2.25. The summed E-state index contributed by atoms with van der Waals surface area (Å²) in [5.74, 6) is 1.26. The number of carbonyl (C=O) groups excluding carboxylic acids is 1. The molecule has 2 heterocycles. The van der Waals surface area contributed by atoms with E-state index in [9.17, 15) is 4.79 Å². The number of hydrogen-bond acceptors (Lipinski definition) is 3. The fourth-order valence-electron chi connectivity index (χ4n) is 4.10. The number of halogens is 1. The molecule has 3 atom stereocenters. The van der Waals surface area contributed by atoms with E-state index >= 15 is 0 Å². The molecule has 3 rings (SSSR count). The van der Waals surface area contributed by atoms with Gasteiger partial charge in [0, 0.05) is 42.9 Å². The van der Waals surface area contributed by atoms with Crippen LogP contribution in [-0.2, 0) is 16.0 Å². The van der Waals surface area contributed by atoms with Crippen LogP contribution in [-0.4, -0.2) is 61.1 Å². The van der Waals surface area contributed by atoms with Gasteiger partial charge in [-0.2, -0.15) is 0 Å². The topological polar surface area (TPSA) is 32.8 Å². The van der Waals surface area contributed by atoms with Crippen LogP contribution in [0.2, 0.25) is 5.02 Å². The Morgan fingerprint density at radius 1 is 1.28 bits per heavy atom. The van der Waals surface area contributed by atoms with E-state index in [2.05, 4.69) is 18.7 Å². The van der Waals surface area contributed by atoms with Gasteiger partial charge in [-0.25, -0.2) is 0 Å². The van der Waals surface area contributed by atoms with Crippen molar-refractivity contribution >= 4 is 17.5 Å². The zero-order valence-corrected chi connectivity index (χ0v) is 16.0. The van der Waals surface area contributed by atoms with E-state index in [0.29, 0.717) is 24.7 Å². The van der Waals surface area contributed by atoms with Crippen LogP contribution in [0, 0.1) is 11.8 Å². The molecule has 5 heteroatoms. The number of nitrogens with zero attached hydrogens (tertiary/aromatic N) is 2. The van der Waals surface area contributed by atoms with Crippen LogP contribution in [0.1, 0.15) is 25.8 Å². The largest absolute Gasteiger partial charge is 0.376 e. The molecule has 25 heavy (non-hydrogen) atoms. The van der Waals surface area contributed by atoms with Gasteiger partial charge in [-0.1, -0.05) is 43.6 Å². The third-order valence-corrected chi connectivity index (χ3v) is 6.11. The number of ether oxygens (including phenoxy) is 1. The van der Waals surface area contributed by atoms with Crippen LogP contribution in [0.4, 0.5) is 0 Å². The Hall–Kier alpha value is -1.10. The first-order valence-corrected chi connectivity index (χ1v) is 9.85. The smallest absolute Gasteiger partial charge is 0.223 e. The van der Waals surface area contributed by atoms with Gasteiger partial charge in [-0.05, 0) is 31.1 Å². The second-order valence-corrected chi connectivity index (χ2v) is 7.58. The molecule has 2 aliphatic heterocycles. The van der Waals surface area contributed by atoms with Gasteiger partial charge in [0.2, 0.25) is 5.91 Å². The molecule has 1 amide bonds. The lowest BCUT2D eigenvalue weighted by Crippen LogP contribution is -2.35. The first-order chi connectivity index (χ1) is 12.1. The Kier molecular flexibility index (Phi) is 6.37. The van der Waals surface area contributed by atoms with Gasteiger partial charge in [-0.15, -0.1) is 0 Å². The fraction of sp³-hybridized carbons (Fsp3) is 0.650. The summed E-state index contributed by atoms with van der Waals surface area (Å²) >= 11 is 6.19. The predicted molar refractivity (Wildman–Crippen MR) is 101 cm³/mol. The number of fused-ring (bicyclic) bond motifs is 1. The lowest BCUT2D eigenvalue weighted by molar-refractivity contribution is -0.131. The highest BCUT2D eigenvalue weighted by atomic mass is 35.5. The molecule has 1 aromatic rings. The number of amides is 1. The highest BCUT2D eigenvalue weighted by Crippen LogP contribution is 2.34. The molecule has 0 aromatic heterocycles. The average molecular weight is 365 g/mol. The van der Waals surface area contributed by atoms with E-state index in [4.69, 9.17) is 16.3 Å². The van der Waals surface area contributed by atoms with Gasteiger partial charge >= 0.3 is 0 Å². The van der Waals surface area contributed by atoms with E-state index < -0.39 is 0 Å². The van der Waals surface area contributed by atoms with Crippen molar-refractivity contribution in [3.05, 3.63) is 34.9 Å². The molecular formula is C20H29ClN2O2. The number of rotatable bonds is 7. The minimum Gasteiger partial charge on any atom is -0.376 e. The molecule has 0 N–H and O–H groups in total. The number of aryl methyl sites for hydroxylation is 1. The van der Waals surface area contributed by atoms with Crippen molar-refractivity contribution in [2.24, 2.45) is 11.8 Å². The summed E-state index contributed by atoms with van der Waals surface area (Å²) < 4.78 is 6.00. The lowest BCUT2D eigenvalue weighted by atomic mass is 9.92. The number of carbonyl (C=O) groups is 1. The minimum atomic E-state index is 0.222. The van der Waals surface area contributed by atoms with Crippen molar-refractivity contribution in [1.29, 1.82) is 0 Å². The minimum absolute atomic E-state index is 0.222. The summed E-state index contributed by atoms with van der Waals surface area (Å²) in [5.41, 5.74) is 1.05. The van der Waals surface area contributed by atoms with Gasteiger partial charge < -0.3 is 14.5 Å². The van der Waals surface area contributed by atoms with Gasteiger partial charge in [-0.3, -0.25) is 4.79 Å². The van der Waals surface area contributed by atoms with E-state index in [1.54, 1.807) is 0 Å². The summed E-state index contributed by atoms with van der Waals surface area (Å²) in [6, 6.07) is 7.77. The van der Waals surface area contributed by atoms with Crippen molar-refractivity contribution in [2.75, 3.05) is 39.3 Å². The molecule has 1 aromatic carbocycles. The second-order valence-electron chi connectivity index (χ2n) is 7.17. The van der Waals surface area contributed by atoms with E-state index in [1.165, 1.54) is 0 Å². The fourth-order valence-corrected chi connectivity index (χ4v) is 4.34. The summed E-state index contributed by atoms with van der Waals surface area (Å²) in [5, 5.41) is 0.746. The van der Waals surface area contributed by atoms with E-state index in [1.807, 2.05) is 29.2 Å². The van der Waals surface area contributed by atoms with Gasteiger partial charge in [0.25, 0.3) is 0 Å². The normalized spacial score (nSPS) is 25.6. The number of likely N-dealkylation sites (tertiary alicyclic amines) is 1. The Morgan fingerprint density at radius 2 is 2.04 bits per heavy atom. The SMILES string of the molecule is CCN(CC)C[C@@H]1CO[C@@H]2CN(C(=O)CCc3ccccc3Cl)C[C@H]12. The summed E-state index contributed by atoms with van der Waals surface area (Å²) in [6.07, 6.45) is 1.45. The zero-order valence-electron chi connectivity index (χ0n) is 15.3. The van der Waals surface area contributed by atoms with E-state index in [-0.39, 0.29) is 12.0 Å². The van der Waals surface area contributed by atoms with Gasteiger partial charge in [0.05, 0.1) is 12.7 Å². The molecule has 4 nitrogen and oxygen atoms in total. The van der Waals surface area contributed by atoms with Crippen molar-refractivity contribution < 1.29 is 9.53 Å². The van der Waals surface area contributed by atoms with Crippen LogP contribution >= 0.6 is 11.6 Å². The molecular weight excluding hydrogens is 336 g/mol. The monoisotopic (exact) mass is 364 g/mol. The van der Waals surface area contributed by atoms with Crippen LogP contribution < -0.4 is 0 Å². The van der Waals surface area contributed by atoms with E-state index in [0.717, 1.165) is 49.9 Å². The van der Waals surface area contributed by atoms with Crippen molar-refractivity contribution in [3.63, 3.8) is 0 Å². The number of benzene rings is 1. The Morgan fingerprint density at radius 3 is 2.76 bits per heavy atom. The second kappa shape index (κ2) is 8.52. The van der Waals surface area contributed by atoms with Gasteiger partial charge in [0.15, 0.2) is 0 Å². The molecule has 2 saturated heterocycles. The zero-order chi connectivity index (χ0) is 17.8. The molecule has 0 radical (unpaired) electrons. The first-order valence-electron chi connectivity index (χ1n) is 9.47. The first kappa shape index (κ1) is 18.7. The van der Waals surface area contributed by atoms with Crippen LogP contribution in [0.25, 0.3) is 0 Å².